The molecular weight excluding hydrogens is 290 g/mol. The van der Waals surface area contributed by atoms with E-state index in [1.807, 2.05) is 35.8 Å². The third kappa shape index (κ3) is 3.24. The van der Waals surface area contributed by atoms with Crippen molar-refractivity contribution in [3.63, 3.8) is 0 Å². The minimum absolute atomic E-state index is 0.388. The summed E-state index contributed by atoms with van der Waals surface area (Å²) in [7, 11) is -3.43. The molecule has 0 saturated heterocycles. The van der Waals surface area contributed by atoms with Crippen molar-refractivity contribution in [2.45, 2.75) is 32.1 Å². The van der Waals surface area contributed by atoms with Crippen LogP contribution in [0.5, 0.6) is 0 Å². The summed E-state index contributed by atoms with van der Waals surface area (Å²) in [5, 5.41) is 1.52. The Morgan fingerprint density at radius 3 is 2.67 bits per heavy atom. The minimum Gasteiger partial charge on any atom is -0.310 e. The first-order valence-corrected chi connectivity index (χ1v) is 8.75. The molecule has 1 N–H and O–H groups in total. The quantitative estimate of drug-likeness (QED) is 0.913. The van der Waals surface area contributed by atoms with Gasteiger partial charge in [-0.2, -0.15) is 0 Å². The van der Waals surface area contributed by atoms with Gasteiger partial charge < -0.3 is 4.57 Å². The van der Waals surface area contributed by atoms with E-state index in [2.05, 4.69) is 10.3 Å². The molecule has 0 radical (unpaired) electrons. The molecule has 1 atom stereocenters. The second kappa shape index (κ2) is 5.85. The molecular formula is C14H19N3O3S. The first-order chi connectivity index (χ1) is 9.84. The normalized spacial score (nSPS) is 13.3. The number of sulfone groups is 1. The van der Waals surface area contributed by atoms with Crippen molar-refractivity contribution < 1.29 is 13.2 Å². The fourth-order valence-electron chi connectivity index (χ4n) is 2.03. The number of hydrogen-bond donors (Lipinski definition) is 1. The van der Waals surface area contributed by atoms with Crippen molar-refractivity contribution in [2.24, 2.45) is 0 Å². The molecule has 6 nitrogen and oxygen atoms in total. The molecule has 0 bridgehead atoms. The van der Waals surface area contributed by atoms with Crippen molar-refractivity contribution in [1.29, 1.82) is 0 Å². The summed E-state index contributed by atoms with van der Waals surface area (Å²) in [6.45, 7) is 4.10. The van der Waals surface area contributed by atoms with Crippen LogP contribution in [0, 0.1) is 0 Å². The first-order valence-electron chi connectivity index (χ1n) is 6.79. The van der Waals surface area contributed by atoms with Crippen LogP contribution in [0.15, 0.2) is 24.3 Å². The monoisotopic (exact) mass is 309 g/mol. The van der Waals surface area contributed by atoms with Crippen LogP contribution in [0.3, 0.4) is 0 Å². The topological polar surface area (TPSA) is 81.1 Å². The van der Waals surface area contributed by atoms with Crippen LogP contribution in [0.1, 0.15) is 20.3 Å². The Bertz CT molecular complexity index is 765. The molecule has 0 spiro atoms. The second-order valence-electron chi connectivity index (χ2n) is 5.04. The third-order valence-corrected chi connectivity index (χ3v) is 4.85. The third-order valence-electron chi connectivity index (χ3n) is 3.35. The van der Waals surface area contributed by atoms with Crippen LogP contribution in [-0.4, -0.2) is 35.4 Å². The lowest BCUT2D eigenvalue weighted by Gasteiger charge is -2.12. The highest BCUT2D eigenvalue weighted by atomic mass is 32.2. The molecule has 0 unspecified atom stereocenters. The predicted octanol–water partition coefficient (Wildman–Crippen LogP) is 1.82. The van der Waals surface area contributed by atoms with Crippen molar-refractivity contribution in [1.82, 2.24) is 9.55 Å². The van der Waals surface area contributed by atoms with Crippen LogP contribution < -0.4 is 5.32 Å². The maximum absolute atomic E-state index is 12.0. The van der Waals surface area contributed by atoms with Gasteiger partial charge in [-0.3, -0.25) is 10.1 Å². The largest absolute Gasteiger partial charge is 0.310 e. The number of carbonyl (C=O) groups is 1. The maximum atomic E-state index is 12.0. The number of fused-ring (bicyclic) bond motifs is 1. The number of anilines is 1. The zero-order valence-electron chi connectivity index (χ0n) is 12.3. The van der Waals surface area contributed by atoms with Gasteiger partial charge in [0.2, 0.25) is 11.9 Å². The highest BCUT2D eigenvalue weighted by Crippen LogP contribution is 2.20. The Balaban J connectivity index is 2.38. The van der Waals surface area contributed by atoms with E-state index in [0.29, 0.717) is 12.5 Å². The van der Waals surface area contributed by atoms with Crippen LogP contribution in [-0.2, 0) is 21.2 Å². The van der Waals surface area contributed by atoms with Crippen LogP contribution in [0.2, 0.25) is 0 Å². The van der Waals surface area contributed by atoms with Gasteiger partial charge in [-0.05, 0) is 25.5 Å². The Labute approximate surface area is 124 Å². The van der Waals surface area contributed by atoms with Crippen LogP contribution >= 0.6 is 0 Å². The Morgan fingerprint density at radius 2 is 2.05 bits per heavy atom. The van der Waals surface area contributed by atoms with Crippen molar-refractivity contribution in [3.05, 3.63) is 24.3 Å². The number of amides is 1. The molecule has 1 aromatic carbocycles. The van der Waals surface area contributed by atoms with E-state index in [9.17, 15) is 13.2 Å². The Morgan fingerprint density at radius 1 is 1.38 bits per heavy atom. The maximum Gasteiger partial charge on any atom is 0.244 e. The number of benzene rings is 1. The summed E-state index contributed by atoms with van der Waals surface area (Å²) < 4.78 is 24.8. The standard InChI is InChI=1S/C14H19N3O3S/c1-4-9-17-12-8-6-5-7-11(12)15-14(17)16-13(18)10(2)21(3,19)20/h5-8,10H,4,9H2,1-3H3,(H,15,16,18)/t10-/m1/s1. The molecule has 2 rings (SSSR count). The molecule has 0 fully saturated rings. The zero-order valence-corrected chi connectivity index (χ0v) is 13.1. The number of nitrogens with zero attached hydrogens (tertiary/aromatic N) is 2. The number of imidazole rings is 1. The van der Waals surface area contributed by atoms with Gasteiger partial charge in [0.25, 0.3) is 0 Å². The molecule has 1 heterocycles. The Hall–Kier alpha value is -1.89. The summed E-state index contributed by atoms with van der Waals surface area (Å²) in [5.41, 5.74) is 1.69. The van der Waals surface area contributed by atoms with Gasteiger partial charge in [0.05, 0.1) is 11.0 Å². The smallest absolute Gasteiger partial charge is 0.244 e. The van der Waals surface area contributed by atoms with Crippen LogP contribution in [0.25, 0.3) is 11.0 Å². The number of aromatic nitrogens is 2. The summed E-state index contributed by atoms with van der Waals surface area (Å²) >= 11 is 0. The molecule has 0 saturated carbocycles. The van der Waals surface area contributed by atoms with E-state index in [4.69, 9.17) is 0 Å². The average molecular weight is 309 g/mol. The minimum atomic E-state index is -3.43. The summed E-state index contributed by atoms with van der Waals surface area (Å²) in [6.07, 6.45) is 1.93. The molecule has 0 aliphatic rings. The van der Waals surface area contributed by atoms with Gasteiger partial charge in [-0.25, -0.2) is 13.4 Å². The number of aryl methyl sites for hydroxylation is 1. The van der Waals surface area contributed by atoms with Crippen LogP contribution in [0.4, 0.5) is 5.95 Å². The lowest BCUT2D eigenvalue weighted by Crippen LogP contribution is -2.32. The number of para-hydroxylation sites is 2. The van der Waals surface area contributed by atoms with Gasteiger partial charge >= 0.3 is 0 Å². The molecule has 2 aromatic rings. The fraction of sp³-hybridized carbons (Fsp3) is 0.429. The van der Waals surface area contributed by atoms with E-state index in [1.165, 1.54) is 6.92 Å². The van der Waals surface area contributed by atoms with E-state index < -0.39 is 21.0 Å². The molecule has 1 aromatic heterocycles. The average Bonchev–Trinajstić information content (AvgIpc) is 2.75. The van der Waals surface area contributed by atoms with E-state index in [1.54, 1.807) is 0 Å². The van der Waals surface area contributed by atoms with Gasteiger partial charge in [-0.15, -0.1) is 0 Å². The van der Waals surface area contributed by atoms with Crippen molar-refractivity contribution in [3.8, 4) is 0 Å². The number of rotatable bonds is 5. The predicted molar refractivity (Wildman–Crippen MR) is 83.0 cm³/mol. The van der Waals surface area contributed by atoms with E-state index >= 15 is 0 Å². The van der Waals surface area contributed by atoms with E-state index in [-0.39, 0.29) is 0 Å². The Kier molecular flexibility index (Phi) is 4.32. The van der Waals surface area contributed by atoms with Gasteiger partial charge in [0, 0.05) is 12.8 Å². The molecule has 114 valence electrons. The summed E-state index contributed by atoms with van der Waals surface area (Å²) in [4.78, 5) is 16.4. The first kappa shape index (κ1) is 15.5. The van der Waals surface area contributed by atoms with Gasteiger partial charge in [0.1, 0.15) is 5.25 Å². The molecule has 0 aliphatic heterocycles. The lowest BCUT2D eigenvalue weighted by molar-refractivity contribution is -0.115. The highest BCUT2D eigenvalue weighted by Gasteiger charge is 2.25. The SMILES string of the molecule is CCCn1c(NC(=O)[C@@H](C)S(C)(=O)=O)nc2ccccc21. The van der Waals surface area contributed by atoms with Crippen molar-refractivity contribution in [2.75, 3.05) is 11.6 Å². The lowest BCUT2D eigenvalue weighted by atomic mass is 10.3. The zero-order chi connectivity index (χ0) is 15.6. The second-order valence-corrected chi connectivity index (χ2v) is 7.40. The number of hydrogen-bond acceptors (Lipinski definition) is 4. The number of carbonyl (C=O) groups excluding carboxylic acids is 1. The molecule has 21 heavy (non-hydrogen) atoms. The van der Waals surface area contributed by atoms with Gasteiger partial charge in [0.15, 0.2) is 9.84 Å². The summed E-state index contributed by atoms with van der Waals surface area (Å²) in [6, 6.07) is 7.56. The number of nitrogens with one attached hydrogen (secondary N) is 1. The van der Waals surface area contributed by atoms with E-state index in [0.717, 1.165) is 23.7 Å². The summed E-state index contributed by atoms with van der Waals surface area (Å²) in [5.74, 6) is -0.177. The van der Waals surface area contributed by atoms with Crippen molar-refractivity contribution >= 4 is 32.7 Å². The molecule has 1 amide bonds. The molecule has 7 heteroatoms. The van der Waals surface area contributed by atoms with Gasteiger partial charge in [-0.1, -0.05) is 19.1 Å². The highest BCUT2D eigenvalue weighted by molar-refractivity contribution is 7.92. The molecule has 0 aliphatic carbocycles. The fourth-order valence-corrected chi connectivity index (χ4v) is 2.47.